The third-order valence-corrected chi connectivity index (χ3v) is 7.32. The van der Waals surface area contributed by atoms with E-state index in [9.17, 15) is 4.79 Å². The molecule has 1 fully saturated rings. The second kappa shape index (κ2) is 11.6. The molecule has 0 saturated carbocycles. The summed E-state index contributed by atoms with van der Waals surface area (Å²) in [6.45, 7) is 9.47. The van der Waals surface area contributed by atoms with Crippen molar-refractivity contribution < 1.29 is 14.3 Å². The quantitative estimate of drug-likeness (QED) is 0.324. The fourth-order valence-corrected chi connectivity index (χ4v) is 5.13. The van der Waals surface area contributed by atoms with Crippen molar-refractivity contribution in [1.82, 2.24) is 4.90 Å². The molecule has 38 heavy (non-hydrogen) atoms. The first-order chi connectivity index (χ1) is 18.1. The van der Waals surface area contributed by atoms with Crippen LogP contribution in [-0.4, -0.2) is 36.3 Å². The largest absolute Gasteiger partial charge is 0.444 e. The highest BCUT2D eigenvalue weighted by Gasteiger charge is 2.39. The van der Waals surface area contributed by atoms with Gasteiger partial charge in [-0.05, 0) is 93.1 Å². The van der Waals surface area contributed by atoms with Gasteiger partial charge in [0.1, 0.15) is 5.60 Å². The Morgan fingerprint density at radius 2 is 1.68 bits per heavy atom. The molecule has 1 unspecified atom stereocenters. The number of benzene rings is 3. The summed E-state index contributed by atoms with van der Waals surface area (Å²) in [6.07, 6.45) is 1.13. The zero-order chi connectivity index (χ0) is 27.3. The molecule has 1 amide bonds. The summed E-state index contributed by atoms with van der Waals surface area (Å²) >= 11 is 6.51. The Kier molecular flexibility index (Phi) is 8.45. The maximum Gasteiger partial charge on any atom is 0.410 e. The highest BCUT2D eigenvalue weighted by atomic mass is 35.5. The van der Waals surface area contributed by atoms with Gasteiger partial charge in [-0.15, -0.1) is 0 Å². The van der Waals surface area contributed by atoms with E-state index in [1.165, 1.54) is 5.56 Å². The average Bonchev–Trinajstić information content (AvgIpc) is 2.91. The molecule has 0 radical (unpaired) electrons. The molecule has 1 aliphatic rings. The second-order valence-corrected chi connectivity index (χ2v) is 11.5. The predicted octanol–water partition coefficient (Wildman–Crippen LogP) is 7.93. The molecule has 1 heterocycles. The van der Waals surface area contributed by atoms with E-state index in [0.29, 0.717) is 30.3 Å². The molecule has 1 saturated heterocycles. The number of nitriles is 1. The Balaban J connectivity index is 1.50. The number of carbonyl (C=O) groups is 1. The van der Waals surface area contributed by atoms with Crippen LogP contribution in [0.15, 0.2) is 72.8 Å². The molecule has 0 N–H and O–H groups in total. The Morgan fingerprint density at radius 1 is 1.03 bits per heavy atom. The van der Waals surface area contributed by atoms with E-state index in [1.54, 1.807) is 4.90 Å². The number of nitrogens with zero attached hydrogens (tertiary/aromatic N) is 2. The van der Waals surface area contributed by atoms with Gasteiger partial charge in [0.05, 0.1) is 24.3 Å². The summed E-state index contributed by atoms with van der Waals surface area (Å²) in [4.78, 5) is 14.5. The minimum absolute atomic E-state index is 0.185. The van der Waals surface area contributed by atoms with E-state index in [0.717, 1.165) is 29.5 Å². The molecule has 1 aliphatic heterocycles. The van der Waals surface area contributed by atoms with Crippen molar-refractivity contribution in [3.05, 3.63) is 94.5 Å². The van der Waals surface area contributed by atoms with Crippen LogP contribution >= 0.6 is 11.6 Å². The van der Waals surface area contributed by atoms with Crippen LogP contribution in [0, 0.1) is 11.3 Å². The van der Waals surface area contributed by atoms with Crippen molar-refractivity contribution >= 4 is 17.7 Å². The number of halogens is 1. The lowest BCUT2D eigenvalue weighted by molar-refractivity contribution is -0.00958. The van der Waals surface area contributed by atoms with Crippen molar-refractivity contribution in [3.8, 4) is 17.2 Å². The summed E-state index contributed by atoms with van der Waals surface area (Å²) in [7, 11) is 0. The lowest BCUT2D eigenvalue weighted by atomic mass is 9.73. The SMILES string of the molecule is CC(OCC1(c2ccccc2)CCN(C(=O)OC(C)(C)C)CC1)c1cc(Cl)cc(-c2ccc(C#N)cc2)c1. The fraction of sp³-hybridized carbons (Fsp3) is 0.375. The molecule has 6 heteroatoms. The maximum atomic E-state index is 12.7. The molecular formula is C32H35ClN2O3. The van der Waals surface area contributed by atoms with Crippen LogP contribution in [-0.2, 0) is 14.9 Å². The lowest BCUT2D eigenvalue weighted by Crippen LogP contribution is -2.48. The van der Waals surface area contributed by atoms with Crippen LogP contribution in [0.5, 0.6) is 0 Å². The van der Waals surface area contributed by atoms with Crippen LogP contribution in [0.4, 0.5) is 4.79 Å². The molecule has 0 aliphatic carbocycles. The van der Waals surface area contributed by atoms with Crippen molar-refractivity contribution in [1.29, 1.82) is 5.26 Å². The highest BCUT2D eigenvalue weighted by molar-refractivity contribution is 6.31. The Bertz CT molecular complexity index is 1290. The van der Waals surface area contributed by atoms with E-state index >= 15 is 0 Å². The zero-order valence-electron chi connectivity index (χ0n) is 22.5. The van der Waals surface area contributed by atoms with Crippen LogP contribution < -0.4 is 0 Å². The van der Waals surface area contributed by atoms with Crippen LogP contribution in [0.2, 0.25) is 5.02 Å². The Hall–Kier alpha value is -3.33. The number of carbonyl (C=O) groups excluding carboxylic acids is 1. The molecule has 198 valence electrons. The summed E-state index contributed by atoms with van der Waals surface area (Å²) in [5, 5.41) is 9.74. The van der Waals surface area contributed by atoms with Gasteiger partial charge in [-0.3, -0.25) is 0 Å². The fourth-order valence-electron chi connectivity index (χ4n) is 4.88. The molecule has 0 bridgehead atoms. The molecule has 0 aromatic heterocycles. The van der Waals surface area contributed by atoms with Gasteiger partial charge >= 0.3 is 6.09 Å². The lowest BCUT2D eigenvalue weighted by Gasteiger charge is -2.42. The Morgan fingerprint density at radius 3 is 2.29 bits per heavy atom. The van der Waals surface area contributed by atoms with Crippen molar-refractivity contribution in [2.45, 2.75) is 57.7 Å². The third kappa shape index (κ3) is 6.75. The van der Waals surface area contributed by atoms with Gasteiger partial charge in [0.15, 0.2) is 0 Å². The van der Waals surface area contributed by atoms with Gasteiger partial charge in [0, 0.05) is 23.5 Å². The minimum Gasteiger partial charge on any atom is -0.444 e. The van der Waals surface area contributed by atoms with Gasteiger partial charge in [-0.25, -0.2) is 4.79 Å². The zero-order valence-corrected chi connectivity index (χ0v) is 23.3. The first-order valence-electron chi connectivity index (χ1n) is 13.0. The summed E-state index contributed by atoms with van der Waals surface area (Å²) < 4.78 is 12.2. The van der Waals surface area contributed by atoms with Gasteiger partial charge in [-0.2, -0.15) is 5.26 Å². The topological polar surface area (TPSA) is 62.6 Å². The number of hydrogen-bond acceptors (Lipinski definition) is 4. The molecule has 5 nitrogen and oxygen atoms in total. The number of ether oxygens (including phenoxy) is 2. The highest BCUT2D eigenvalue weighted by Crippen LogP contribution is 2.38. The molecule has 0 spiro atoms. The second-order valence-electron chi connectivity index (χ2n) is 11.0. The van der Waals surface area contributed by atoms with E-state index in [1.807, 2.05) is 70.2 Å². The first kappa shape index (κ1) is 27.7. The van der Waals surface area contributed by atoms with Crippen LogP contribution in [0.1, 0.15) is 63.3 Å². The summed E-state index contributed by atoms with van der Waals surface area (Å²) in [5.41, 5.74) is 4.09. The first-order valence-corrected chi connectivity index (χ1v) is 13.4. The standard InChI is InChI=1S/C32H35ClN2O3/c1-23(26-18-27(20-29(33)19-26)25-12-10-24(21-34)11-13-25)37-22-32(28-8-6-5-7-9-28)14-16-35(17-15-32)30(36)38-31(2,3)4/h5-13,18-20,23H,14-17,22H2,1-4H3. The number of rotatable bonds is 6. The molecule has 3 aromatic rings. The van der Waals surface area contributed by atoms with Gasteiger partial charge in [-0.1, -0.05) is 54.1 Å². The van der Waals surface area contributed by atoms with Crippen molar-refractivity contribution in [3.63, 3.8) is 0 Å². The normalized spacial score (nSPS) is 15.9. The maximum absolute atomic E-state index is 12.7. The van der Waals surface area contributed by atoms with E-state index in [-0.39, 0.29) is 17.6 Å². The van der Waals surface area contributed by atoms with Crippen LogP contribution in [0.3, 0.4) is 0 Å². The molecular weight excluding hydrogens is 496 g/mol. The average molecular weight is 531 g/mol. The molecule has 1 atom stereocenters. The summed E-state index contributed by atoms with van der Waals surface area (Å²) in [5.74, 6) is 0. The predicted molar refractivity (Wildman–Crippen MR) is 151 cm³/mol. The number of hydrogen-bond donors (Lipinski definition) is 0. The number of amides is 1. The molecule has 4 rings (SSSR count). The van der Waals surface area contributed by atoms with Crippen LogP contribution in [0.25, 0.3) is 11.1 Å². The van der Waals surface area contributed by atoms with Crippen molar-refractivity contribution in [2.24, 2.45) is 0 Å². The van der Waals surface area contributed by atoms with Gasteiger partial charge < -0.3 is 14.4 Å². The summed E-state index contributed by atoms with van der Waals surface area (Å²) in [6, 6.07) is 26.0. The monoisotopic (exact) mass is 530 g/mol. The number of piperidine rings is 1. The Labute approximate surface area is 230 Å². The molecule has 3 aromatic carbocycles. The van der Waals surface area contributed by atoms with E-state index in [2.05, 4.69) is 36.4 Å². The van der Waals surface area contributed by atoms with Gasteiger partial charge in [0.25, 0.3) is 0 Å². The smallest absolute Gasteiger partial charge is 0.410 e. The minimum atomic E-state index is -0.517. The van der Waals surface area contributed by atoms with Crippen molar-refractivity contribution in [2.75, 3.05) is 19.7 Å². The van der Waals surface area contributed by atoms with Gasteiger partial charge in [0.2, 0.25) is 0 Å². The third-order valence-electron chi connectivity index (χ3n) is 7.10. The number of likely N-dealkylation sites (tertiary alicyclic amines) is 1. The van der Waals surface area contributed by atoms with E-state index < -0.39 is 5.60 Å². The van der Waals surface area contributed by atoms with E-state index in [4.69, 9.17) is 26.3 Å².